The number of ether oxygens (including phenoxy) is 1. The first-order valence-corrected chi connectivity index (χ1v) is 9.24. The maximum atomic E-state index is 6.17. The fraction of sp³-hybridized carbons (Fsp3) is 0.857. The van der Waals surface area contributed by atoms with Crippen LogP contribution in [0.2, 0.25) is 6.04 Å². The van der Waals surface area contributed by atoms with E-state index in [2.05, 4.69) is 13.5 Å². The van der Waals surface area contributed by atoms with E-state index in [0.29, 0.717) is 19.8 Å². The fourth-order valence-electron chi connectivity index (χ4n) is 3.17. The molecule has 1 fully saturated rings. The van der Waals surface area contributed by atoms with Crippen LogP contribution in [-0.4, -0.2) is 33.6 Å². The van der Waals surface area contributed by atoms with Crippen molar-refractivity contribution in [2.24, 2.45) is 0 Å². The average Bonchev–Trinajstić information content (AvgIpc) is 2.35. The Morgan fingerprint density at radius 3 is 2.17 bits per heavy atom. The molecule has 1 saturated heterocycles. The Labute approximate surface area is 113 Å². The van der Waals surface area contributed by atoms with Crippen LogP contribution in [0.1, 0.15) is 47.0 Å². The van der Waals surface area contributed by atoms with Crippen molar-refractivity contribution in [3.05, 3.63) is 12.2 Å². The van der Waals surface area contributed by atoms with Crippen LogP contribution < -0.4 is 0 Å². The molecule has 1 heterocycles. The summed E-state index contributed by atoms with van der Waals surface area (Å²) >= 11 is 0. The maximum absolute atomic E-state index is 6.17. The maximum Gasteiger partial charge on any atom is 0.375 e. The van der Waals surface area contributed by atoms with Gasteiger partial charge in [-0.15, -0.1) is 0 Å². The lowest BCUT2D eigenvalue weighted by atomic mass is 10.0. The Morgan fingerprint density at radius 1 is 1.11 bits per heavy atom. The Bertz CT molecular complexity index is 269. The van der Waals surface area contributed by atoms with Crippen LogP contribution in [-0.2, 0) is 13.6 Å². The van der Waals surface area contributed by atoms with Crippen LogP contribution in [0.4, 0.5) is 0 Å². The molecule has 18 heavy (non-hydrogen) atoms. The summed E-state index contributed by atoms with van der Waals surface area (Å²) in [4.78, 5) is 0. The molecule has 0 spiro atoms. The highest BCUT2D eigenvalue weighted by Gasteiger charge is 2.60. The Hall–Kier alpha value is -0.163. The summed E-state index contributed by atoms with van der Waals surface area (Å²) in [6.45, 7) is 14.6. The lowest BCUT2D eigenvalue weighted by Gasteiger charge is -2.50. The molecular formula is C14H28O3Si. The van der Waals surface area contributed by atoms with Crippen LogP contribution >= 0.6 is 0 Å². The summed E-state index contributed by atoms with van der Waals surface area (Å²) in [5.74, 6) is 0. The summed E-state index contributed by atoms with van der Waals surface area (Å²) in [5, 5.41) is -0.355. The molecule has 1 aliphatic rings. The van der Waals surface area contributed by atoms with Crippen molar-refractivity contribution in [3.8, 4) is 0 Å². The van der Waals surface area contributed by atoms with Gasteiger partial charge in [0.1, 0.15) is 5.22 Å². The van der Waals surface area contributed by atoms with E-state index in [0.717, 1.165) is 25.3 Å². The quantitative estimate of drug-likeness (QED) is 0.524. The monoisotopic (exact) mass is 272 g/mol. The number of hydrogen-bond donors (Lipinski definition) is 0. The molecule has 0 N–H and O–H groups in total. The van der Waals surface area contributed by atoms with Gasteiger partial charge in [-0.05, 0) is 51.7 Å². The van der Waals surface area contributed by atoms with Gasteiger partial charge < -0.3 is 13.6 Å². The highest BCUT2D eigenvalue weighted by molar-refractivity contribution is 6.71. The van der Waals surface area contributed by atoms with E-state index in [1.165, 1.54) is 5.57 Å². The number of hydrogen-bond acceptors (Lipinski definition) is 3. The van der Waals surface area contributed by atoms with Crippen molar-refractivity contribution in [3.63, 3.8) is 0 Å². The summed E-state index contributed by atoms with van der Waals surface area (Å²) in [5.41, 5.74) is 1.17. The van der Waals surface area contributed by atoms with Gasteiger partial charge in [0.15, 0.2) is 0 Å². The fourth-order valence-corrected chi connectivity index (χ4v) is 7.56. The van der Waals surface area contributed by atoms with E-state index in [9.17, 15) is 0 Å². The lowest BCUT2D eigenvalue weighted by Crippen LogP contribution is -2.66. The van der Waals surface area contributed by atoms with Crippen molar-refractivity contribution in [1.82, 2.24) is 0 Å². The van der Waals surface area contributed by atoms with Crippen molar-refractivity contribution in [2.45, 2.75) is 58.2 Å². The van der Waals surface area contributed by atoms with Gasteiger partial charge >= 0.3 is 8.56 Å². The highest BCUT2D eigenvalue weighted by Crippen LogP contribution is 2.45. The molecular weight excluding hydrogens is 244 g/mol. The van der Waals surface area contributed by atoms with Gasteiger partial charge in [-0.25, -0.2) is 0 Å². The molecule has 0 aromatic carbocycles. The highest BCUT2D eigenvalue weighted by atomic mass is 28.4. The Kier molecular flexibility index (Phi) is 6.04. The van der Waals surface area contributed by atoms with E-state index in [1.807, 2.05) is 20.8 Å². The molecule has 1 atom stereocenters. The van der Waals surface area contributed by atoms with Crippen LogP contribution in [0.3, 0.4) is 0 Å². The molecule has 1 rings (SSSR count). The van der Waals surface area contributed by atoms with Gasteiger partial charge in [0.05, 0.1) is 0 Å². The molecule has 4 heteroatoms. The largest absolute Gasteiger partial charge is 0.393 e. The zero-order valence-corrected chi connectivity index (χ0v) is 13.4. The number of rotatable bonds is 7. The first-order chi connectivity index (χ1) is 8.62. The van der Waals surface area contributed by atoms with E-state index in [-0.39, 0.29) is 5.22 Å². The van der Waals surface area contributed by atoms with Crippen LogP contribution in [0, 0.1) is 0 Å². The van der Waals surface area contributed by atoms with Crippen molar-refractivity contribution < 1.29 is 13.6 Å². The van der Waals surface area contributed by atoms with Crippen LogP contribution in [0.15, 0.2) is 12.2 Å². The topological polar surface area (TPSA) is 27.7 Å². The molecule has 1 aliphatic heterocycles. The molecule has 0 bridgehead atoms. The summed E-state index contributed by atoms with van der Waals surface area (Å²) in [6.07, 6.45) is 3.04. The molecule has 1 unspecified atom stereocenters. The molecule has 0 aromatic heterocycles. The molecule has 3 nitrogen and oxygen atoms in total. The van der Waals surface area contributed by atoms with E-state index >= 15 is 0 Å². The van der Waals surface area contributed by atoms with Gasteiger partial charge in [-0.3, -0.25) is 0 Å². The second kappa shape index (κ2) is 6.85. The van der Waals surface area contributed by atoms with Crippen LogP contribution in [0.5, 0.6) is 0 Å². The molecule has 0 radical (unpaired) electrons. The third-order valence-corrected chi connectivity index (χ3v) is 8.42. The van der Waals surface area contributed by atoms with E-state index in [1.54, 1.807) is 0 Å². The summed E-state index contributed by atoms with van der Waals surface area (Å²) < 4.78 is 18.5. The third-order valence-electron chi connectivity index (χ3n) is 3.81. The predicted octanol–water partition coefficient (Wildman–Crippen LogP) is 3.58. The smallest absolute Gasteiger partial charge is 0.375 e. The molecule has 106 valence electrons. The first kappa shape index (κ1) is 15.9. The summed E-state index contributed by atoms with van der Waals surface area (Å²) in [6, 6.07) is 1.02. The molecule has 0 aromatic rings. The van der Waals surface area contributed by atoms with Gasteiger partial charge in [0.2, 0.25) is 0 Å². The van der Waals surface area contributed by atoms with Gasteiger partial charge in [-0.2, -0.15) is 0 Å². The van der Waals surface area contributed by atoms with Gasteiger partial charge in [-0.1, -0.05) is 13.5 Å². The average molecular weight is 272 g/mol. The third kappa shape index (κ3) is 2.57. The zero-order chi connectivity index (χ0) is 13.6. The second-order valence-corrected chi connectivity index (χ2v) is 8.08. The predicted molar refractivity (Wildman–Crippen MR) is 76.8 cm³/mol. The van der Waals surface area contributed by atoms with Crippen molar-refractivity contribution >= 4 is 8.56 Å². The Balaban J connectivity index is 3.17. The van der Waals surface area contributed by atoms with E-state index in [4.69, 9.17) is 13.6 Å². The zero-order valence-electron chi connectivity index (χ0n) is 12.4. The SMILES string of the molecule is C=C1CCC[Si](OCC)(OCC)C1(CC)OCC. The molecule has 0 aliphatic carbocycles. The molecule has 0 amide bonds. The second-order valence-electron chi connectivity index (χ2n) is 4.69. The Morgan fingerprint density at radius 2 is 1.72 bits per heavy atom. The first-order valence-electron chi connectivity index (χ1n) is 7.22. The van der Waals surface area contributed by atoms with Crippen molar-refractivity contribution in [2.75, 3.05) is 19.8 Å². The van der Waals surface area contributed by atoms with Crippen molar-refractivity contribution in [1.29, 1.82) is 0 Å². The van der Waals surface area contributed by atoms with E-state index < -0.39 is 8.56 Å². The van der Waals surface area contributed by atoms with Crippen LogP contribution in [0.25, 0.3) is 0 Å². The lowest BCUT2D eigenvalue weighted by molar-refractivity contribution is -0.0125. The van der Waals surface area contributed by atoms with Gasteiger partial charge in [0, 0.05) is 19.8 Å². The normalized spacial score (nSPS) is 27.4. The minimum Gasteiger partial charge on any atom is -0.393 e. The van der Waals surface area contributed by atoms with Gasteiger partial charge in [0.25, 0.3) is 0 Å². The standard InChI is InChI=1S/C14H28O3Si/c1-6-14(15-7-2)13(5)11-10-12-18(14,16-8-3)17-9-4/h5-12H2,1-4H3. The molecule has 0 saturated carbocycles. The minimum atomic E-state index is -2.37. The summed E-state index contributed by atoms with van der Waals surface area (Å²) in [7, 11) is -2.37. The minimum absolute atomic E-state index is 0.355.